The molecule has 0 aromatic heterocycles. The summed E-state index contributed by atoms with van der Waals surface area (Å²) in [5.74, 6) is 3.63. The van der Waals surface area contributed by atoms with Gasteiger partial charge < -0.3 is 4.74 Å². The van der Waals surface area contributed by atoms with Crippen molar-refractivity contribution in [2.24, 2.45) is 17.8 Å². The first-order valence-electron chi connectivity index (χ1n) is 11.7. The summed E-state index contributed by atoms with van der Waals surface area (Å²) in [6.07, 6.45) is 20.7. The molecule has 1 aromatic rings. The van der Waals surface area contributed by atoms with Crippen molar-refractivity contribution < 1.29 is 4.74 Å². The summed E-state index contributed by atoms with van der Waals surface area (Å²) in [5.41, 5.74) is 2.81. The number of ether oxygens (including phenoxy) is 1. The minimum atomic E-state index is 0.628. The predicted octanol–water partition coefficient (Wildman–Crippen LogP) is 7.83. The monoisotopic (exact) mass is 380 g/mol. The van der Waals surface area contributed by atoms with Crippen LogP contribution < -0.4 is 0 Å². The third kappa shape index (κ3) is 6.34. The van der Waals surface area contributed by atoms with E-state index < -0.39 is 0 Å². The van der Waals surface area contributed by atoms with Crippen LogP contribution in [0.3, 0.4) is 0 Å². The van der Waals surface area contributed by atoms with Gasteiger partial charge in [-0.2, -0.15) is 0 Å². The lowest BCUT2D eigenvalue weighted by molar-refractivity contribution is 0.149. The summed E-state index contributed by atoms with van der Waals surface area (Å²) in [6.45, 7) is 7.28. The van der Waals surface area contributed by atoms with Crippen molar-refractivity contribution in [2.45, 2.75) is 83.7 Å². The van der Waals surface area contributed by atoms with Gasteiger partial charge in [0.2, 0.25) is 0 Å². The second-order valence-electron chi connectivity index (χ2n) is 9.05. The van der Waals surface area contributed by atoms with E-state index in [4.69, 9.17) is 4.74 Å². The van der Waals surface area contributed by atoms with Gasteiger partial charge in [-0.25, -0.2) is 0 Å². The summed E-state index contributed by atoms with van der Waals surface area (Å²) >= 11 is 0. The molecule has 0 unspecified atom stereocenters. The summed E-state index contributed by atoms with van der Waals surface area (Å²) in [7, 11) is 0. The highest BCUT2D eigenvalue weighted by Crippen LogP contribution is 2.44. The highest BCUT2D eigenvalue weighted by atomic mass is 16.5. The van der Waals surface area contributed by atoms with E-state index in [1.807, 2.05) is 6.08 Å². The fraction of sp³-hybridized carbons (Fsp3) is 0.630. The maximum atomic E-state index is 5.55. The molecule has 0 saturated heterocycles. The lowest BCUT2D eigenvalue weighted by atomic mass is 9.68. The summed E-state index contributed by atoms with van der Waals surface area (Å²) in [4.78, 5) is 0. The zero-order chi connectivity index (χ0) is 19.6. The molecule has 2 fully saturated rings. The van der Waals surface area contributed by atoms with Gasteiger partial charge in [-0.3, -0.25) is 0 Å². The number of allylic oxidation sites excluding steroid dienone is 2. The lowest BCUT2D eigenvalue weighted by Crippen LogP contribution is -2.25. The Morgan fingerprint density at radius 2 is 1.57 bits per heavy atom. The van der Waals surface area contributed by atoms with Crippen LogP contribution in [0.2, 0.25) is 0 Å². The Morgan fingerprint density at radius 3 is 2.18 bits per heavy atom. The molecule has 0 heterocycles. The normalized spacial score (nSPS) is 28.5. The van der Waals surface area contributed by atoms with Crippen LogP contribution >= 0.6 is 0 Å². The van der Waals surface area contributed by atoms with Gasteiger partial charge in [0.25, 0.3) is 0 Å². The molecule has 2 saturated carbocycles. The highest BCUT2D eigenvalue weighted by molar-refractivity contribution is 5.25. The molecule has 1 nitrogen and oxygen atoms in total. The maximum absolute atomic E-state index is 5.55. The van der Waals surface area contributed by atoms with Crippen molar-refractivity contribution in [3.8, 4) is 0 Å². The van der Waals surface area contributed by atoms with Gasteiger partial charge in [-0.15, -0.1) is 6.58 Å². The molecular weight excluding hydrogens is 340 g/mol. The van der Waals surface area contributed by atoms with Gasteiger partial charge in [0.15, 0.2) is 0 Å². The van der Waals surface area contributed by atoms with Crippen molar-refractivity contribution in [2.75, 3.05) is 6.61 Å². The van der Waals surface area contributed by atoms with E-state index in [1.54, 1.807) is 0 Å². The molecule has 0 atom stereocenters. The van der Waals surface area contributed by atoms with Crippen molar-refractivity contribution >= 4 is 0 Å². The SMILES string of the molecule is C=CCOCc1ccc(C2CCC(C3CCC(/C=C/CCC)CC3)CC2)cc1. The Bertz CT molecular complexity index is 583. The third-order valence-corrected chi connectivity index (χ3v) is 7.07. The highest BCUT2D eigenvalue weighted by Gasteiger charge is 2.30. The Morgan fingerprint density at radius 1 is 0.929 bits per heavy atom. The van der Waals surface area contributed by atoms with E-state index in [-0.39, 0.29) is 0 Å². The standard InChI is InChI=1S/C27H40O/c1-3-5-6-7-22-8-12-24(13-9-22)26-16-18-27(19-17-26)25-14-10-23(11-15-25)21-28-20-4-2/h4,6-7,10-11,14-15,22,24,26-27H,2-3,5,8-9,12-13,16-21H2,1H3/b7-6+. The molecule has 1 heteroatoms. The average molecular weight is 381 g/mol. The molecule has 0 N–H and O–H groups in total. The fourth-order valence-corrected chi connectivity index (χ4v) is 5.33. The summed E-state index contributed by atoms with van der Waals surface area (Å²) in [6, 6.07) is 9.17. The first kappa shape index (κ1) is 21.4. The van der Waals surface area contributed by atoms with Crippen LogP contribution in [0.5, 0.6) is 0 Å². The van der Waals surface area contributed by atoms with Crippen molar-refractivity contribution in [1.82, 2.24) is 0 Å². The van der Waals surface area contributed by atoms with Gasteiger partial charge in [0.1, 0.15) is 0 Å². The number of unbranched alkanes of at least 4 members (excludes halogenated alkanes) is 1. The molecule has 154 valence electrons. The Balaban J connectivity index is 1.40. The molecule has 2 aliphatic carbocycles. The molecule has 3 rings (SSSR count). The number of hydrogen-bond acceptors (Lipinski definition) is 1. The van der Waals surface area contributed by atoms with E-state index in [1.165, 1.54) is 75.3 Å². The van der Waals surface area contributed by atoms with Gasteiger partial charge >= 0.3 is 0 Å². The largest absolute Gasteiger partial charge is 0.373 e. The Hall–Kier alpha value is -1.34. The molecule has 0 radical (unpaired) electrons. The first-order chi connectivity index (χ1) is 13.8. The molecule has 0 aliphatic heterocycles. The molecule has 28 heavy (non-hydrogen) atoms. The summed E-state index contributed by atoms with van der Waals surface area (Å²) in [5, 5.41) is 0. The van der Waals surface area contributed by atoms with Crippen LogP contribution in [0.4, 0.5) is 0 Å². The zero-order valence-corrected chi connectivity index (χ0v) is 18.0. The molecule has 0 bridgehead atoms. The van der Waals surface area contributed by atoms with E-state index in [0.29, 0.717) is 13.2 Å². The van der Waals surface area contributed by atoms with Crippen molar-refractivity contribution in [3.05, 3.63) is 60.2 Å². The summed E-state index contributed by atoms with van der Waals surface area (Å²) < 4.78 is 5.55. The number of rotatable bonds is 9. The number of hydrogen-bond donors (Lipinski definition) is 0. The van der Waals surface area contributed by atoms with E-state index in [0.717, 1.165) is 23.7 Å². The predicted molar refractivity (Wildman–Crippen MR) is 120 cm³/mol. The van der Waals surface area contributed by atoms with Gasteiger partial charge in [0.05, 0.1) is 13.2 Å². The zero-order valence-electron chi connectivity index (χ0n) is 18.0. The van der Waals surface area contributed by atoms with E-state index >= 15 is 0 Å². The second kappa shape index (κ2) is 11.6. The van der Waals surface area contributed by atoms with Crippen molar-refractivity contribution in [1.29, 1.82) is 0 Å². The molecule has 0 spiro atoms. The molecule has 1 aromatic carbocycles. The van der Waals surface area contributed by atoms with Gasteiger partial charge in [-0.1, -0.05) is 55.8 Å². The fourth-order valence-electron chi connectivity index (χ4n) is 5.33. The second-order valence-corrected chi connectivity index (χ2v) is 9.05. The van der Waals surface area contributed by atoms with E-state index in [2.05, 4.69) is 49.9 Å². The molecule has 2 aliphatic rings. The van der Waals surface area contributed by atoms with Crippen molar-refractivity contribution in [3.63, 3.8) is 0 Å². The Kier molecular flexibility index (Phi) is 8.86. The van der Waals surface area contributed by atoms with Crippen LogP contribution in [-0.2, 0) is 11.3 Å². The van der Waals surface area contributed by atoms with Gasteiger partial charge in [-0.05, 0) is 92.6 Å². The Labute approximate surface area is 173 Å². The van der Waals surface area contributed by atoms with Crippen LogP contribution in [0.25, 0.3) is 0 Å². The van der Waals surface area contributed by atoms with Crippen LogP contribution in [-0.4, -0.2) is 6.61 Å². The van der Waals surface area contributed by atoms with Crippen LogP contribution in [0.15, 0.2) is 49.1 Å². The molecular formula is C27H40O. The lowest BCUT2D eigenvalue weighted by Gasteiger charge is -2.37. The topological polar surface area (TPSA) is 9.23 Å². The molecule has 0 amide bonds. The van der Waals surface area contributed by atoms with Crippen LogP contribution in [0.1, 0.15) is 88.2 Å². The number of benzene rings is 1. The van der Waals surface area contributed by atoms with Gasteiger partial charge in [0, 0.05) is 0 Å². The minimum absolute atomic E-state index is 0.628. The third-order valence-electron chi connectivity index (χ3n) is 7.07. The smallest absolute Gasteiger partial charge is 0.0721 e. The van der Waals surface area contributed by atoms with Crippen LogP contribution in [0, 0.1) is 17.8 Å². The average Bonchev–Trinajstić information content (AvgIpc) is 2.75. The minimum Gasteiger partial charge on any atom is -0.373 e. The van der Waals surface area contributed by atoms with E-state index in [9.17, 15) is 0 Å². The quantitative estimate of drug-likeness (QED) is 0.313. The first-order valence-corrected chi connectivity index (χ1v) is 11.7. The maximum Gasteiger partial charge on any atom is 0.0721 e.